The zero-order chi connectivity index (χ0) is 8.97. The highest BCUT2D eigenvalue weighted by atomic mass is 16.3. The Bertz CT molecular complexity index is 128. The highest BCUT2D eigenvalue weighted by Gasteiger charge is 2.14. The third kappa shape index (κ3) is 3.52. The van der Waals surface area contributed by atoms with Gasteiger partial charge < -0.3 is 10.4 Å². The SMILES string of the molecule is CC(O)CN1CCNCC(C)C1. The molecule has 0 bridgehead atoms. The Morgan fingerprint density at radius 2 is 2.42 bits per heavy atom. The zero-order valence-electron chi connectivity index (χ0n) is 8.08. The monoisotopic (exact) mass is 172 g/mol. The Morgan fingerprint density at radius 3 is 3.08 bits per heavy atom. The number of aliphatic hydroxyl groups is 1. The van der Waals surface area contributed by atoms with Gasteiger partial charge in [0.05, 0.1) is 6.10 Å². The van der Waals surface area contributed by atoms with Gasteiger partial charge >= 0.3 is 0 Å². The van der Waals surface area contributed by atoms with Gasteiger partial charge in [-0.3, -0.25) is 4.90 Å². The van der Waals surface area contributed by atoms with Crippen molar-refractivity contribution < 1.29 is 5.11 Å². The van der Waals surface area contributed by atoms with Gasteiger partial charge in [0.1, 0.15) is 0 Å². The number of hydrogen-bond acceptors (Lipinski definition) is 3. The fourth-order valence-electron chi connectivity index (χ4n) is 1.72. The molecule has 1 heterocycles. The standard InChI is InChI=1S/C9H20N2O/c1-8-5-10-3-4-11(6-8)7-9(2)12/h8-10,12H,3-7H2,1-2H3. The Kier molecular flexibility index (Phi) is 3.98. The Labute approximate surface area is 74.8 Å². The topological polar surface area (TPSA) is 35.5 Å². The second-order valence-electron chi connectivity index (χ2n) is 3.92. The predicted octanol–water partition coefficient (Wildman–Crippen LogP) is -0.0915. The first-order chi connectivity index (χ1) is 5.68. The number of nitrogens with one attached hydrogen (secondary N) is 1. The Balaban J connectivity index is 2.31. The van der Waals surface area contributed by atoms with Gasteiger partial charge in [0, 0.05) is 26.2 Å². The molecule has 12 heavy (non-hydrogen) atoms. The van der Waals surface area contributed by atoms with Crippen molar-refractivity contribution in [2.24, 2.45) is 5.92 Å². The van der Waals surface area contributed by atoms with Gasteiger partial charge in [-0.2, -0.15) is 0 Å². The van der Waals surface area contributed by atoms with Crippen molar-refractivity contribution in [2.75, 3.05) is 32.7 Å². The summed E-state index contributed by atoms with van der Waals surface area (Å²) in [5, 5.41) is 12.6. The molecule has 2 unspecified atom stereocenters. The lowest BCUT2D eigenvalue weighted by Gasteiger charge is -2.22. The first-order valence-electron chi connectivity index (χ1n) is 4.79. The van der Waals surface area contributed by atoms with Gasteiger partial charge in [-0.15, -0.1) is 0 Å². The molecule has 2 N–H and O–H groups in total. The molecule has 1 fully saturated rings. The summed E-state index contributed by atoms with van der Waals surface area (Å²) in [6.45, 7) is 9.24. The van der Waals surface area contributed by atoms with E-state index in [1.807, 2.05) is 6.92 Å². The highest BCUT2D eigenvalue weighted by Crippen LogP contribution is 2.02. The zero-order valence-corrected chi connectivity index (χ0v) is 8.08. The van der Waals surface area contributed by atoms with Crippen molar-refractivity contribution in [3.05, 3.63) is 0 Å². The first-order valence-corrected chi connectivity index (χ1v) is 4.79. The minimum absolute atomic E-state index is 0.199. The summed E-state index contributed by atoms with van der Waals surface area (Å²) in [5.41, 5.74) is 0. The van der Waals surface area contributed by atoms with Gasteiger partial charge in [0.25, 0.3) is 0 Å². The van der Waals surface area contributed by atoms with Crippen molar-refractivity contribution >= 4 is 0 Å². The van der Waals surface area contributed by atoms with Crippen LogP contribution < -0.4 is 5.32 Å². The molecular weight excluding hydrogens is 152 g/mol. The van der Waals surface area contributed by atoms with Crippen LogP contribution in [0, 0.1) is 5.92 Å². The third-order valence-corrected chi connectivity index (χ3v) is 2.19. The number of hydrogen-bond donors (Lipinski definition) is 2. The summed E-state index contributed by atoms with van der Waals surface area (Å²) in [4.78, 5) is 2.33. The lowest BCUT2D eigenvalue weighted by Crippen LogP contribution is -2.35. The number of nitrogens with zero attached hydrogens (tertiary/aromatic N) is 1. The normalized spacial score (nSPS) is 29.8. The van der Waals surface area contributed by atoms with Crippen LogP contribution in [-0.4, -0.2) is 48.8 Å². The fourth-order valence-corrected chi connectivity index (χ4v) is 1.72. The largest absolute Gasteiger partial charge is 0.392 e. The molecule has 0 aromatic heterocycles. The van der Waals surface area contributed by atoms with Crippen molar-refractivity contribution in [2.45, 2.75) is 20.0 Å². The van der Waals surface area contributed by atoms with Crippen molar-refractivity contribution in [3.8, 4) is 0 Å². The number of β-amino-alcohol motifs (C(OH)–C–C–N with tert-alkyl or cyclic N) is 1. The maximum Gasteiger partial charge on any atom is 0.0639 e. The molecule has 0 aliphatic carbocycles. The summed E-state index contributed by atoms with van der Waals surface area (Å²) in [6, 6.07) is 0. The average Bonchev–Trinajstić information content (AvgIpc) is 2.12. The lowest BCUT2D eigenvalue weighted by molar-refractivity contribution is 0.124. The van der Waals surface area contributed by atoms with E-state index >= 15 is 0 Å². The third-order valence-electron chi connectivity index (χ3n) is 2.19. The maximum atomic E-state index is 9.22. The van der Waals surface area contributed by atoms with E-state index in [1.165, 1.54) is 0 Å². The van der Waals surface area contributed by atoms with Crippen LogP contribution >= 0.6 is 0 Å². The van der Waals surface area contributed by atoms with Crippen LogP contribution in [0.4, 0.5) is 0 Å². The average molecular weight is 172 g/mol. The molecule has 3 nitrogen and oxygen atoms in total. The molecule has 2 atom stereocenters. The molecule has 0 aromatic rings. The van der Waals surface area contributed by atoms with Crippen molar-refractivity contribution in [3.63, 3.8) is 0 Å². The molecule has 0 amide bonds. The van der Waals surface area contributed by atoms with Crippen LogP contribution in [0.25, 0.3) is 0 Å². The van der Waals surface area contributed by atoms with E-state index in [4.69, 9.17) is 0 Å². The molecule has 0 radical (unpaired) electrons. The van der Waals surface area contributed by atoms with Crippen LogP contribution in [-0.2, 0) is 0 Å². The van der Waals surface area contributed by atoms with Gasteiger partial charge in [0.2, 0.25) is 0 Å². The smallest absolute Gasteiger partial charge is 0.0639 e. The summed E-state index contributed by atoms with van der Waals surface area (Å²) in [5.74, 6) is 0.700. The first kappa shape index (κ1) is 9.96. The molecule has 0 spiro atoms. The van der Waals surface area contributed by atoms with E-state index in [1.54, 1.807) is 0 Å². The second kappa shape index (κ2) is 4.80. The van der Waals surface area contributed by atoms with Gasteiger partial charge in [-0.25, -0.2) is 0 Å². The van der Waals surface area contributed by atoms with Crippen LogP contribution in [0.5, 0.6) is 0 Å². The lowest BCUT2D eigenvalue weighted by atomic mass is 10.2. The molecule has 1 saturated heterocycles. The molecular formula is C9H20N2O. The molecule has 0 saturated carbocycles. The predicted molar refractivity (Wildman–Crippen MR) is 50.2 cm³/mol. The Morgan fingerprint density at radius 1 is 1.67 bits per heavy atom. The van der Waals surface area contributed by atoms with Crippen molar-refractivity contribution in [1.82, 2.24) is 10.2 Å². The minimum Gasteiger partial charge on any atom is -0.392 e. The molecule has 1 aliphatic rings. The molecule has 0 aromatic carbocycles. The summed E-state index contributed by atoms with van der Waals surface area (Å²) in [6.07, 6.45) is -0.199. The summed E-state index contributed by atoms with van der Waals surface area (Å²) >= 11 is 0. The van der Waals surface area contributed by atoms with Crippen LogP contribution in [0.15, 0.2) is 0 Å². The van der Waals surface area contributed by atoms with E-state index in [-0.39, 0.29) is 6.10 Å². The summed E-state index contributed by atoms with van der Waals surface area (Å²) in [7, 11) is 0. The van der Waals surface area contributed by atoms with Gasteiger partial charge in [-0.05, 0) is 19.4 Å². The molecule has 1 aliphatic heterocycles. The van der Waals surface area contributed by atoms with Crippen LogP contribution in [0.1, 0.15) is 13.8 Å². The maximum absolute atomic E-state index is 9.22. The van der Waals surface area contributed by atoms with Gasteiger partial charge in [0.15, 0.2) is 0 Å². The van der Waals surface area contributed by atoms with Gasteiger partial charge in [-0.1, -0.05) is 6.92 Å². The van der Waals surface area contributed by atoms with E-state index in [2.05, 4.69) is 17.1 Å². The summed E-state index contributed by atoms with van der Waals surface area (Å²) < 4.78 is 0. The van der Waals surface area contributed by atoms with Crippen molar-refractivity contribution in [1.29, 1.82) is 0 Å². The van der Waals surface area contributed by atoms with E-state index in [0.717, 1.165) is 32.7 Å². The Hall–Kier alpha value is -0.120. The minimum atomic E-state index is -0.199. The number of rotatable bonds is 2. The van der Waals surface area contributed by atoms with Crippen LogP contribution in [0.3, 0.4) is 0 Å². The number of aliphatic hydroxyl groups excluding tert-OH is 1. The van der Waals surface area contributed by atoms with E-state index in [9.17, 15) is 5.11 Å². The highest BCUT2D eigenvalue weighted by molar-refractivity contribution is 4.71. The van der Waals surface area contributed by atoms with E-state index < -0.39 is 0 Å². The molecule has 72 valence electrons. The quantitative estimate of drug-likeness (QED) is 0.611. The van der Waals surface area contributed by atoms with E-state index in [0.29, 0.717) is 5.92 Å². The molecule has 1 rings (SSSR count). The molecule has 3 heteroatoms. The van der Waals surface area contributed by atoms with Crippen LogP contribution in [0.2, 0.25) is 0 Å². The second-order valence-corrected chi connectivity index (χ2v) is 3.92. The fraction of sp³-hybridized carbons (Fsp3) is 1.00.